The molecule has 0 aromatic heterocycles. The second-order valence-electron chi connectivity index (χ2n) is 5.10. The lowest BCUT2D eigenvalue weighted by atomic mass is 10.2. The van der Waals surface area contributed by atoms with Gasteiger partial charge in [0.15, 0.2) is 0 Å². The molecule has 1 fully saturated rings. The molecule has 2 rings (SSSR count). The fraction of sp³-hybridized carbons (Fsp3) is 0.400. The van der Waals surface area contributed by atoms with Crippen molar-refractivity contribution >= 4 is 35.0 Å². The Morgan fingerprint density at radius 2 is 1.74 bits per heavy atom. The van der Waals surface area contributed by atoms with Crippen molar-refractivity contribution in [2.75, 3.05) is 38.6 Å². The third-order valence-corrected chi connectivity index (χ3v) is 3.91. The van der Waals surface area contributed by atoms with Crippen LogP contribution in [-0.2, 0) is 14.4 Å². The van der Waals surface area contributed by atoms with Gasteiger partial charge in [-0.2, -0.15) is 0 Å². The second kappa shape index (κ2) is 7.32. The van der Waals surface area contributed by atoms with Crippen LogP contribution in [0.25, 0.3) is 0 Å². The second-order valence-corrected chi connectivity index (χ2v) is 5.51. The Hall–Kier alpha value is -2.28. The normalized spacial score (nSPS) is 14.4. The molecule has 0 radical (unpaired) electrons. The number of amides is 3. The summed E-state index contributed by atoms with van der Waals surface area (Å²) in [5, 5.41) is 2.85. The number of piperazine rings is 1. The lowest BCUT2D eigenvalue weighted by Gasteiger charge is -2.33. The molecule has 1 aliphatic heterocycles. The summed E-state index contributed by atoms with van der Waals surface area (Å²) in [6, 6.07) is 4.72. The summed E-state index contributed by atoms with van der Waals surface area (Å²) in [7, 11) is 1.49. The van der Waals surface area contributed by atoms with E-state index < -0.39 is 11.8 Å². The first-order valence-electron chi connectivity index (χ1n) is 7.11. The van der Waals surface area contributed by atoms with Gasteiger partial charge in [-0.1, -0.05) is 11.6 Å². The highest BCUT2D eigenvalue weighted by molar-refractivity contribution is 6.39. The van der Waals surface area contributed by atoms with Gasteiger partial charge in [0, 0.05) is 38.8 Å². The highest BCUT2D eigenvalue weighted by Crippen LogP contribution is 2.27. The lowest BCUT2D eigenvalue weighted by Crippen LogP contribution is -2.52. The number of benzene rings is 1. The Labute approximate surface area is 139 Å². The fourth-order valence-electron chi connectivity index (χ4n) is 2.30. The van der Waals surface area contributed by atoms with Crippen molar-refractivity contribution in [2.45, 2.75) is 6.92 Å². The third-order valence-electron chi connectivity index (χ3n) is 3.62. The maximum absolute atomic E-state index is 12.1. The van der Waals surface area contributed by atoms with Crippen molar-refractivity contribution in [3.8, 4) is 5.75 Å². The van der Waals surface area contributed by atoms with Gasteiger partial charge in [-0.25, -0.2) is 0 Å². The minimum Gasteiger partial charge on any atom is -0.495 e. The zero-order valence-corrected chi connectivity index (χ0v) is 13.7. The lowest BCUT2D eigenvalue weighted by molar-refractivity contribution is -0.145. The van der Waals surface area contributed by atoms with Crippen LogP contribution in [0, 0.1) is 0 Å². The van der Waals surface area contributed by atoms with Gasteiger partial charge in [-0.3, -0.25) is 14.4 Å². The van der Waals surface area contributed by atoms with Crippen molar-refractivity contribution in [3.05, 3.63) is 23.2 Å². The van der Waals surface area contributed by atoms with E-state index >= 15 is 0 Å². The van der Waals surface area contributed by atoms with E-state index in [1.54, 1.807) is 17.0 Å². The molecule has 124 valence electrons. The molecule has 1 aromatic rings. The Bertz CT molecular complexity index is 627. The smallest absolute Gasteiger partial charge is 0.313 e. The Morgan fingerprint density at radius 3 is 2.26 bits per heavy atom. The molecule has 1 saturated heterocycles. The van der Waals surface area contributed by atoms with Crippen molar-refractivity contribution in [1.82, 2.24) is 9.80 Å². The molecule has 3 amide bonds. The van der Waals surface area contributed by atoms with Crippen LogP contribution >= 0.6 is 11.6 Å². The maximum atomic E-state index is 12.1. The topological polar surface area (TPSA) is 79.0 Å². The average Bonchev–Trinajstić information content (AvgIpc) is 2.54. The van der Waals surface area contributed by atoms with Gasteiger partial charge in [0.2, 0.25) is 5.91 Å². The molecule has 7 nitrogen and oxygen atoms in total. The van der Waals surface area contributed by atoms with E-state index in [4.69, 9.17) is 16.3 Å². The summed E-state index contributed by atoms with van der Waals surface area (Å²) in [5.74, 6) is -0.909. The standard InChI is InChI=1S/C15H18ClN3O4/c1-10(20)18-5-7-19(8-6-18)15(22)14(21)17-11-3-4-13(23-2)12(16)9-11/h3-4,9H,5-8H2,1-2H3,(H,17,21). The molecule has 0 unspecified atom stereocenters. The number of methoxy groups -OCH3 is 1. The van der Waals surface area contributed by atoms with Crippen molar-refractivity contribution in [2.24, 2.45) is 0 Å². The van der Waals surface area contributed by atoms with Gasteiger partial charge >= 0.3 is 11.8 Å². The largest absolute Gasteiger partial charge is 0.495 e. The number of carbonyl (C=O) groups excluding carboxylic acids is 3. The van der Waals surface area contributed by atoms with E-state index in [9.17, 15) is 14.4 Å². The molecule has 23 heavy (non-hydrogen) atoms. The monoisotopic (exact) mass is 339 g/mol. The Kier molecular flexibility index (Phi) is 5.44. The van der Waals surface area contributed by atoms with Crippen LogP contribution in [0.2, 0.25) is 5.02 Å². The fourth-order valence-corrected chi connectivity index (χ4v) is 2.55. The van der Waals surface area contributed by atoms with Crippen LogP contribution < -0.4 is 10.1 Å². The van der Waals surface area contributed by atoms with Crippen LogP contribution in [-0.4, -0.2) is 60.8 Å². The van der Waals surface area contributed by atoms with Crippen LogP contribution in [0.5, 0.6) is 5.75 Å². The highest BCUT2D eigenvalue weighted by Gasteiger charge is 2.26. The number of rotatable bonds is 2. The third kappa shape index (κ3) is 4.13. The van der Waals surface area contributed by atoms with Crippen molar-refractivity contribution in [1.29, 1.82) is 0 Å². The van der Waals surface area contributed by atoms with E-state index in [2.05, 4.69) is 5.32 Å². The zero-order chi connectivity index (χ0) is 17.0. The quantitative estimate of drug-likeness (QED) is 0.815. The number of nitrogens with one attached hydrogen (secondary N) is 1. The van der Waals surface area contributed by atoms with E-state index in [0.29, 0.717) is 42.6 Å². The number of hydrogen-bond acceptors (Lipinski definition) is 4. The number of nitrogens with zero attached hydrogens (tertiary/aromatic N) is 2. The summed E-state index contributed by atoms with van der Waals surface area (Å²) >= 11 is 5.98. The van der Waals surface area contributed by atoms with Crippen LogP contribution in [0.1, 0.15) is 6.92 Å². The van der Waals surface area contributed by atoms with E-state index in [1.807, 2.05) is 0 Å². The van der Waals surface area contributed by atoms with Gasteiger partial charge in [-0.05, 0) is 18.2 Å². The predicted molar refractivity (Wildman–Crippen MR) is 85.5 cm³/mol. The van der Waals surface area contributed by atoms with Crippen LogP contribution in [0.3, 0.4) is 0 Å². The summed E-state index contributed by atoms with van der Waals surface area (Å²) in [6.07, 6.45) is 0. The molecule has 1 aromatic carbocycles. The minimum absolute atomic E-state index is 0.0329. The number of halogens is 1. The molecular weight excluding hydrogens is 322 g/mol. The zero-order valence-electron chi connectivity index (χ0n) is 13.0. The molecule has 8 heteroatoms. The number of carbonyl (C=O) groups is 3. The molecule has 0 spiro atoms. The molecular formula is C15H18ClN3O4. The first-order chi connectivity index (χ1) is 10.9. The molecule has 1 N–H and O–H groups in total. The van der Waals surface area contributed by atoms with Crippen molar-refractivity contribution in [3.63, 3.8) is 0 Å². The van der Waals surface area contributed by atoms with Gasteiger partial charge in [-0.15, -0.1) is 0 Å². The van der Waals surface area contributed by atoms with E-state index in [1.165, 1.54) is 25.0 Å². The van der Waals surface area contributed by atoms with Gasteiger partial charge < -0.3 is 19.9 Å². The van der Waals surface area contributed by atoms with Gasteiger partial charge in [0.05, 0.1) is 12.1 Å². The van der Waals surface area contributed by atoms with Crippen LogP contribution in [0.15, 0.2) is 18.2 Å². The SMILES string of the molecule is COc1ccc(NC(=O)C(=O)N2CCN(C(C)=O)CC2)cc1Cl. The summed E-state index contributed by atoms with van der Waals surface area (Å²) < 4.78 is 5.02. The summed E-state index contributed by atoms with van der Waals surface area (Å²) in [4.78, 5) is 38.5. The highest BCUT2D eigenvalue weighted by atomic mass is 35.5. The minimum atomic E-state index is -0.734. The molecule has 0 aliphatic carbocycles. The number of anilines is 1. The Morgan fingerprint density at radius 1 is 1.13 bits per heavy atom. The van der Waals surface area contributed by atoms with Gasteiger partial charge in [0.1, 0.15) is 5.75 Å². The average molecular weight is 340 g/mol. The van der Waals surface area contributed by atoms with Crippen molar-refractivity contribution < 1.29 is 19.1 Å². The van der Waals surface area contributed by atoms with E-state index in [-0.39, 0.29) is 5.91 Å². The first kappa shape index (κ1) is 17.1. The number of ether oxygens (including phenoxy) is 1. The predicted octanol–water partition coefficient (Wildman–Crippen LogP) is 0.978. The van der Waals surface area contributed by atoms with E-state index in [0.717, 1.165) is 0 Å². The summed E-state index contributed by atoms with van der Waals surface area (Å²) in [5.41, 5.74) is 0.413. The summed E-state index contributed by atoms with van der Waals surface area (Å²) in [6.45, 7) is 3.04. The molecule has 1 heterocycles. The maximum Gasteiger partial charge on any atom is 0.313 e. The molecule has 0 saturated carbocycles. The molecule has 0 atom stereocenters. The molecule has 0 bridgehead atoms. The first-order valence-corrected chi connectivity index (χ1v) is 7.49. The molecule has 1 aliphatic rings. The van der Waals surface area contributed by atoms with Gasteiger partial charge in [0.25, 0.3) is 0 Å². The Balaban J connectivity index is 1.94. The number of hydrogen-bond donors (Lipinski definition) is 1. The van der Waals surface area contributed by atoms with Crippen LogP contribution in [0.4, 0.5) is 5.69 Å².